The molecule has 0 aromatic carbocycles. The quantitative estimate of drug-likeness (QED) is 0.882. The van der Waals surface area contributed by atoms with E-state index in [0.29, 0.717) is 5.69 Å². The maximum Gasteiger partial charge on any atom is 0.269 e. The summed E-state index contributed by atoms with van der Waals surface area (Å²) in [5, 5.41) is 5.87. The first-order valence-electron chi connectivity index (χ1n) is 6.22. The highest BCUT2D eigenvalue weighted by molar-refractivity contribution is 7.12. The molecule has 2 rings (SSSR count). The van der Waals surface area contributed by atoms with Gasteiger partial charge in [0.1, 0.15) is 5.69 Å². The number of hydrogen-bond donors (Lipinski definition) is 2. The summed E-state index contributed by atoms with van der Waals surface area (Å²) in [6.07, 6.45) is 2.71. The van der Waals surface area contributed by atoms with Crippen molar-refractivity contribution in [2.45, 2.75) is 19.9 Å². The molecule has 0 aliphatic heterocycles. The Morgan fingerprint density at radius 1 is 1.32 bits per heavy atom. The molecule has 2 aromatic heterocycles. The molecule has 0 bridgehead atoms. The van der Waals surface area contributed by atoms with Crippen molar-refractivity contribution in [3.8, 4) is 0 Å². The van der Waals surface area contributed by atoms with Gasteiger partial charge in [0.05, 0.1) is 0 Å². The van der Waals surface area contributed by atoms with Crippen molar-refractivity contribution in [1.82, 2.24) is 10.3 Å². The molecule has 19 heavy (non-hydrogen) atoms. The molecule has 0 spiro atoms. The molecule has 0 aliphatic carbocycles. The number of aromatic nitrogens is 1. The lowest BCUT2D eigenvalue weighted by Crippen LogP contribution is -2.19. The predicted octanol–water partition coefficient (Wildman–Crippen LogP) is 2.68. The lowest BCUT2D eigenvalue weighted by atomic mass is 10.3. The van der Waals surface area contributed by atoms with Crippen LogP contribution in [0.4, 0.5) is 5.69 Å². The Balaban J connectivity index is 2.01. The lowest BCUT2D eigenvalue weighted by Gasteiger charge is -2.06. The first-order valence-corrected chi connectivity index (χ1v) is 7.04. The van der Waals surface area contributed by atoms with Crippen LogP contribution in [0.5, 0.6) is 0 Å². The fourth-order valence-electron chi connectivity index (χ4n) is 1.69. The van der Waals surface area contributed by atoms with E-state index in [1.165, 1.54) is 9.75 Å². The van der Waals surface area contributed by atoms with Gasteiger partial charge < -0.3 is 10.6 Å². The second-order valence-electron chi connectivity index (χ2n) is 4.08. The average Bonchev–Trinajstić information content (AvgIpc) is 2.92. The van der Waals surface area contributed by atoms with Crippen molar-refractivity contribution in [3.63, 3.8) is 0 Å². The van der Waals surface area contributed by atoms with E-state index < -0.39 is 0 Å². The third-order valence-corrected chi connectivity index (χ3v) is 3.98. The Morgan fingerprint density at radius 2 is 2.11 bits per heavy atom. The molecular formula is C14H17N3OS. The van der Waals surface area contributed by atoms with Crippen LogP contribution in [0.1, 0.15) is 27.2 Å². The maximum absolute atomic E-state index is 11.5. The molecular weight excluding hydrogens is 258 g/mol. The van der Waals surface area contributed by atoms with Gasteiger partial charge >= 0.3 is 0 Å². The zero-order valence-electron chi connectivity index (χ0n) is 11.1. The SMILES string of the molecule is CCc1ccc(CNc2ccnc(C(=O)NC)c2)s1. The summed E-state index contributed by atoms with van der Waals surface area (Å²) < 4.78 is 0. The molecule has 0 atom stereocenters. The van der Waals surface area contributed by atoms with E-state index in [1.54, 1.807) is 19.3 Å². The van der Waals surface area contributed by atoms with Crippen LogP contribution in [-0.4, -0.2) is 17.9 Å². The van der Waals surface area contributed by atoms with Crippen molar-refractivity contribution in [2.24, 2.45) is 0 Å². The minimum absolute atomic E-state index is 0.173. The number of carbonyl (C=O) groups excluding carboxylic acids is 1. The van der Waals surface area contributed by atoms with Gasteiger partial charge in [-0.2, -0.15) is 0 Å². The van der Waals surface area contributed by atoms with Gasteiger partial charge in [0.15, 0.2) is 0 Å². The second-order valence-corrected chi connectivity index (χ2v) is 5.34. The van der Waals surface area contributed by atoms with Gasteiger partial charge in [0.2, 0.25) is 0 Å². The van der Waals surface area contributed by atoms with Crippen molar-refractivity contribution >= 4 is 22.9 Å². The number of nitrogens with zero attached hydrogens (tertiary/aromatic N) is 1. The van der Waals surface area contributed by atoms with Crippen LogP contribution in [0.25, 0.3) is 0 Å². The number of pyridine rings is 1. The monoisotopic (exact) mass is 275 g/mol. The highest BCUT2D eigenvalue weighted by atomic mass is 32.1. The van der Waals surface area contributed by atoms with E-state index in [-0.39, 0.29) is 5.91 Å². The Bertz CT molecular complexity index is 565. The summed E-state index contributed by atoms with van der Waals surface area (Å²) in [6.45, 7) is 2.92. The summed E-state index contributed by atoms with van der Waals surface area (Å²) >= 11 is 1.81. The number of carbonyl (C=O) groups is 1. The lowest BCUT2D eigenvalue weighted by molar-refractivity contribution is 0.0958. The second kappa shape index (κ2) is 6.33. The Labute approximate surface area is 116 Å². The summed E-state index contributed by atoms with van der Waals surface area (Å²) in [6, 6.07) is 7.91. The zero-order valence-corrected chi connectivity index (χ0v) is 11.9. The standard InChI is InChI=1S/C14H17N3OS/c1-3-11-4-5-12(19-11)9-17-10-6-7-16-13(8-10)14(18)15-2/h4-8H,3,9H2,1-2H3,(H,15,18)(H,16,17). The van der Waals surface area contributed by atoms with Gasteiger partial charge in [-0.05, 0) is 30.7 Å². The van der Waals surface area contributed by atoms with Crippen LogP contribution in [0.3, 0.4) is 0 Å². The normalized spacial score (nSPS) is 10.2. The fraction of sp³-hybridized carbons (Fsp3) is 0.286. The van der Waals surface area contributed by atoms with Gasteiger partial charge in [-0.25, -0.2) is 0 Å². The topological polar surface area (TPSA) is 54.0 Å². The van der Waals surface area contributed by atoms with Gasteiger partial charge in [0, 0.05) is 35.2 Å². The van der Waals surface area contributed by atoms with E-state index in [2.05, 4.69) is 34.7 Å². The first kappa shape index (κ1) is 13.5. The maximum atomic E-state index is 11.5. The van der Waals surface area contributed by atoms with Crippen LogP contribution in [0.2, 0.25) is 0 Å². The average molecular weight is 275 g/mol. The molecule has 0 unspecified atom stereocenters. The molecule has 4 nitrogen and oxygen atoms in total. The van der Waals surface area contributed by atoms with E-state index in [1.807, 2.05) is 17.4 Å². The van der Waals surface area contributed by atoms with Gasteiger partial charge in [-0.1, -0.05) is 6.92 Å². The molecule has 2 heterocycles. The third-order valence-electron chi connectivity index (χ3n) is 2.75. The van der Waals surface area contributed by atoms with Gasteiger partial charge in [-0.3, -0.25) is 9.78 Å². The van der Waals surface area contributed by atoms with E-state index in [9.17, 15) is 4.79 Å². The predicted molar refractivity (Wildman–Crippen MR) is 78.7 cm³/mol. The molecule has 0 fully saturated rings. The highest BCUT2D eigenvalue weighted by Gasteiger charge is 2.05. The summed E-state index contributed by atoms with van der Waals surface area (Å²) in [5.74, 6) is -0.173. The number of amides is 1. The molecule has 0 saturated carbocycles. The number of rotatable bonds is 5. The minimum Gasteiger partial charge on any atom is -0.380 e. The molecule has 0 radical (unpaired) electrons. The zero-order chi connectivity index (χ0) is 13.7. The molecule has 2 N–H and O–H groups in total. The van der Waals surface area contributed by atoms with Crippen LogP contribution < -0.4 is 10.6 Å². The molecule has 1 amide bonds. The number of aryl methyl sites for hydroxylation is 1. The Hall–Kier alpha value is -1.88. The van der Waals surface area contributed by atoms with Crippen molar-refractivity contribution in [2.75, 3.05) is 12.4 Å². The van der Waals surface area contributed by atoms with E-state index in [0.717, 1.165) is 18.7 Å². The number of thiophene rings is 1. The molecule has 5 heteroatoms. The summed E-state index contributed by atoms with van der Waals surface area (Å²) in [7, 11) is 1.60. The molecule has 100 valence electrons. The van der Waals surface area contributed by atoms with Crippen molar-refractivity contribution in [3.05, 3.63) is 45.9 Å². The summed E-state index contributed by atoms with van der Waals surface area (Å²) in [5.41, 5.74) is 1.33. The summed E-state index contributed by atoms with van der Waals surface area (Å²) in [4.78, 5) is 18.2. The van der Waals surface area contributed by atoms with Crippen molar-refractivity contribution < 1.29 is 4.79 Å². The molecule has 2 aromatic rings. The van der Waals surface area contributed by atoms with Crippen LogP contribution in [0.15, 0.2) is 30.5 Å². The molecule has 0 saturated heterocycles. The molecule has 0 aliphatic rings. The van der Waals surface area contributed by atoms with Crippen molar-refractivity contribution in [1.29, 1.82) is 0 Å². The van der Waals surface area contributed by atoms with Gasteiger partial charge in [0.25, 0.3) is 5.91 Å². The van der Waals surface area contributed by atoms with Crippen LogP contribution >= 0.6 is 11.3 Å². The number of hydrogen-bond acceptors (Lipinski definition) is 4. The van der Waals surface area contributed by atoms with Gasteiger partial charge in [-0.15, -0.1) is 11.3 Å². The number of nitrogens with one attached hydrogen (secondary N) is 2. The first-order chi connectivity index (χ1) is 9.22. The largest absolute Gasteiger partial charge is 0.380 e. The van der Waals surface area contributed by atoms with Crippen LogP contribution in [-0.2, 0) is 13.0 Å². The number of anilines is 1. The highest BCUT2D eigenvalue weighted by Crippen LogP contribution is 2.18. The van der Waals surface area contributed by atoms with E-state index >= 15 is 0 Å². The fourth-order valence-corrected chi connectivity index (χ4v) is 2.59. The third kappa shape index (κ3) is 3.54. The Morgan fingerprint density at radius 3 is 2.79 bits per heavy atom. The minimum atomic E-state index is -0.173. The van der Waals surface area contributed by atoms with E-state index in [4.69, 9.17) is 0 Å². The van der Waals surface area contributed by atoms with Crippen LogP contribution in [0, 0.1) is 0 Å². The smallest absolute Gasteiger partial charge is 0.269 e. The Kier molecular flexibility index (Phi) is 4.52.